The van der Waals surface area contributed by atoms with Gasteiger partial charge < -0.3 is 0 Å². The summed E-state index contributed by atoms with van der Waals surface area (Å²) in [7, 11) is 0. The number of thioether (sulfide) groups is 1. The van der Waals surface area contributed by atoms with E-state index >= 15 is 0 Å². The van der Waals surface area contributed by atoms with Crippen LogP contribution in [-0.2, 0) is 6.42 Å². The highest BCUT2D eigenvalue weighted by Gasteiger charge is 2.17. The van der Waals surface area contributed by atoms with Crippen LogP contribution >= 0.6 is 11.8 Å². The normalized spacial score (nSPS) is 12.3. The Hall–Kier alpha value is -1.21. The predicted octanol–water partition coefficient (Wildman–Crippen LogP) is 3.98. The van der Waals surface area contributed by atoms with E-state index in [1.807, 2.05) is 11.8 Å². The zero-order chi connectivity index (χ0) is 10.3. The van der Waals surface area contributed by atoms with Crippen molar-refractivity contribution in [2.45, 2.75) is 11.3 Å². The summed E-state index contributed by atoms with van der Waals surface area (Å²) in [6, 6.07) is 15.5. The quantitative estimate of drug-likeness (QED) is 0.550. The van der Waals surface area contributed by atoms with Gasteiger partial charge in [-0.2, -0.15) is 0 Å². The van der Waals surface area contributed by atoms with Gasteiger partial charge in [0.15, 0.2) is 0 Å². The molecule has 3 rings (SSSR count). The lowest BCUT2D eigenvalue weighted by atomic mass is 10.1. The van der Waals surface area contributed by atoms with Crippen molar-refractivity contribution in [2.24, 2.45) is 0 Å². The molecule has 0 bridgehead atoms. The second-order valence-corrected chi connectivity index (χ2v) is 4.74. The summed E-state index contributed by atoms with van der Waals surface area (Å²) in [6.45, 7) is 0. The van der Waals surface area contributed by atoms with Crippen LogP contribution in [0.5, 0.6) is 0 Å². The van der Waals surface area contributed by atoms with Gasteiger partial charge in [-0.05, 0) is 47.1 Å². The Balaban J connectivity index is 2.22. The summed E-state index contributed by atoms with van der Waals surface area (Å²) in [4.78, 5) is 1.35. The molecule has 0 unspecified atom stereocenters. The number of rotatable bonds is 1. The smallest absolute Gasteiger partial charge is 0.00755 e. The summed E-state index contributed by atoms with van der Waals surface area (Å²) in [6.07, 6.45) is 3.22. The molecular formula is C14H12S. The van der Waals surface area contributed by atoms with Crippen molar-refractivity contribution >= 4 is 11.8 Å². The van der Waals surface area contributed by atoms with E-state index in [1.165, 1.54) is 27.1 Å². The van der Waals surface area contributed by atoms with Crippen LogP contribution in [0.3, 0.4) is 0 Å². The molecule has 15 heavy (non-hydrogen) atoms. The lowest BCUT2D eigenvalue weighted by Gasteiger charge is -2.02. The molecule has 2 aromatic rings. The molecular weight excluding hydrogens is 200 g/mol. The Kier molecular flexibility index (Phi) is 2.06. The Labute approximate surface area is 94.3 Å². The van der Waals surface area contributed by atoms with Crippen LogP contribution in [0.4, 0.5) is 0 Å². The average Bonchev–Trinajstić information content (AvgIpc) is 2.66. The molecule has 0 radical (unpaired) electrons. The summed E-state index contributed by atoms with van der Waals surface area (Å²) in [5.41, 5.74) is 5.78. The summed E-state index contributed by atoms with van der Waals surface area (Å²) in [5.74, 6) is 0. The third-order valence-corrected chi connectivity index (χ3v) is 3.73. The number of fused-ring (bicyclic) bond motifs is 3. The first-order valence-corrected chi connectivity index (χ1v) is 6.36. The fraction of sp³-hybridized carbons (Fsp3) is 0.143. The highest BCUT2D eigenvalue weighted by molar-refractivity contribution is 7.98. The fourth-order valence-electron chi connectivity index (χ4n) is 2.23. The van der Waals surface area contributed by atoms with Crippen LogP contribution in [0.15, 0.2) is 47.4 Å². The first kappa shape index (κ1) is 9.05. The molecule has 1 aliphatic carbocycles. The van der Waals surface area contributed by atoms with Crippen molar-refractivity contribution in [3.8, 4) is 11.1 Å². The third-order valence-electron chi connectivity index (χ3n) is 3.01. The lowest BCUT2D eigenvalue weighted by Crippen LogP contribution is -1.79. The fourth-order valence-corrected chi connectivity index (χ4v) is 2.67. The van der Waals surface area contributed by atoms with Crippen molar-refractivity contribution in [3.63, 3.8) is 0 Å². The third kappa shape index (κ3) is 1.38. The van der Waals surface area contributed by atoms with Gasteiger partial charge in [0.1, 0.15) is 0 Å². The Bertz CT molecular complexity index is 514. The van der Waals surface area contributed by atoms with E-state index in [4.69, 9.17) is 0 Å². The van der Waals surface area contributed by atoms with Gasteiger partial charge >= 0.3 is 0 Å². The summed E-state index contributed by atoms with van der Waals surface area (Å²) >= 11 is 1.81. The van der Waals surface area contributed by atoms with Crippen molar-refractivity contribution in [3.05, 3.63) is 53.6 Å². The van der Waals surface area contributed by atoms with E-state index in [2.05, 4.69) is 48.7 Å². The maximum absolute atomic E-state index is 2.31. The standard InChI is InChI=1S/C14H12S/c1-15-12-7-6-11-8-10-4-2-3-5-13(10)14(11)9-12/h2-7,9H,8H2,1H3. The minimum Gasteiger partial charge on any atom is -0.130 e. The molecule has 2 aromatic carbocycles. The summed E-state index contributed by atoms with van der Waals surface area (Å²) < 4.78 is 0. The van der Waals surface area contributed by atoms with Crippen LogP contribution in [0, 0.1) is 0 Å². The van der Waals surface area contributed by atoms with Gasteiger partial charge in [-0.25, -0.2) is 0 Å². The molecule has 0 nitrogen and oxygen atoms in total. The Morgan fingerprint density at radius 3 is 2.60 bits per heavy atom. The molecule has 1 heteroatoms. The highest BCUT2D eigenvalue weighted by atomic mass is 32.2. The molecule has 0 N–H and O–H groups in total. The first-order valence-electron chi connectivity index (χ1n) is 5.13. The number of benzene rings is 2. The monoisotopic (exact) mass is 212 g/mol. The second kappa shape index (κ2) is 3.42. The molecule has 0 saturated carbocycles. The van der Waals surface area contributed by atoms with Crippen molar-refractivity contribution in [1.82, 2.24) is 0 Å². The van der Waals surface area contributed by atoms with Crippen molar-refractivity contribution < 1.29 is 0 Å². The molecule has 0 aromatic heterocycles. The lowest BCUT2D eigenvalue weighted by molar-refractivity contribution is 1.25. The molecule has 0 saturated heterocycles. The van der Waals surface area contributed by atoms with Gasteiger partial charge in [0.25, 0.3) is 0 Å². The van der Waals surface area contributed by atoms with Crippen LogP contribution < -0.4 is 0 Å². The van der Waals surface area contributed by atoms with E-state index in [0.717, 1.165) is 6.42 Å². The largest absolute Gasteiger partial charge is 0.130 e. The minimum atomic E-state index is 1.10. The average molecular weight is 212 g/mol. The molecule has 0 fully saturated rings. The Morgan fingerprint density at radius 1 is 0.933 bits per heavy atom. The Morgan fingerprint density at radius 2 is 1.73 bits per heavy atom. The highest BCUT2D eigenvalue weighted by Crippen LogP contribution is 2.38. The molecule has 1 aliphatic rings. The maximum Gasteiger partial charge on any atom is 0.00755 e. The number of hydrogen-bond acceptors (Lipinski definition) is 1. The van der Waals surface area contributed by atoms with Crippen LogP contribution in [0.2, 0.25) is 0 Å². The van der Waals surface area contributed by atoms with Gasteiger partial charge in [0.2, 0.25) is 0 Å². The minimum absolute atomic E-state index is 1.10. The van der Waals surface area contributed by atoms with Gasteiger partial charge in [0, 0.05) is 4.90 Å². The van der Waals surface area contributed by atoms with Gasteiger partial charge in [-0.15, -0.1) is 11.8 Å². The van der Waals surface area contributed by atoms with E-state index in [9.17, 15) is 0 Å². The molecule has 0 heterocycles. The van der Waals surface area contributed by atoms with Crippen LogP contribution in [0.25, 0.3) is 11.1 Å². The molecule has 0 amide bonds. The zero-order valence-corrected chi connectivity index (χ0v) is 9.47. The van der Waals surface area contributed by atoms with Crippen LogP contribution in [-0.4, -0.2) is 6.26 Å². The van der Waals surface area contributed by atoms with Gasteiger partial charge in [-0.1, -0.05) is 30.3 Å². The van der Waals surface area contributed by atoms with Crippen molar-refractivity contribution in [2.75, 3.05) is 6.26 Å². The van der Waals surface area contributed by atoms with Crippen molar-refractivity contribution in [1.29, 1.82) is 0 Å². The van der Waals surface area contributed by atoms with E-state index < -0.39 is 0 Å². The SMILES string of the molecule is CSc1ccc2c(c1)-c1ccccc1C2. The molecule has 74 valence electrons. The molecule has 0 spiro atoms. The molecule has 0 atom stereocenters. The zero-order valence-electron chi connectivity index (χ0n) is 8.66. The van der Waals surface area contributed by atoms with Crippen LogP contribution in [0.1, 0.15) is 11.1 Å². The predicted molar refractivity (Wildman–Crippen MR) is 66.5 cm³/mol. The van der Waals surface area contributed by atoms with Gasteiger partial charge in [-0.3, -0.25) is 0 Å². The topological polar surface area (TPSA) is 0 Å². The summed E-state index contributed by atoms with van der Waals surface area (Å²) in [5, 5.41) is 0. The van der Waals surface area contributed by atoms with E-state index in [-0.39, 0.29) is 0 Å². The number of hydrogen-bond donors (Lipinski definition) is 0. The second-order valence-electron chi connectivity index (χ2n) is 3.86. The maximum atomic E-state index is 2.31. The first-order chi connectivity index (χ1) is 7.38. The van der Waals surface area contributed by atoms with Gasteiger partial charge in [0.05, 0.1) is 0 Å². The van der Waals surface area contributed by atoms with E-state index in [1.54, 1.807) is 0 Å². The molecule has 0 aliphatic heterocycles. The van der Waals surface area contributed by atoms with E-state index in [0.29, 0.717) is 0 Å².